The highest BCUT2D eigenvalue weighted by molar-refractivity contribution is 5.97. The van der Waals surface area contributed by atoms with E-state index in [9.17, 15) is 4.79 Å². The third-order valence-corrected chi connectivity index (χ3v) is 3.08. The number of nitrogens with one attached hydrogen (secondary N) is 2. The second kappa shape index (κ2) is 4.65. The molecule has 0 radical (unpaired) electrons. The molecule has 3 aromatic rings. The van der Waals surface area contributed by atoms with Gasteiger partial charge in [-0.3, -0.25) is 0 Å². The number of carbonyl (C=O) groups excluding carboxylic acids is 1. The average molecular weight is 254 g/mol. The highest BCUT2D eigenvalue weighted by Crippen LogP contribution is 2.28. The maximum absolute atomic E-state index is 11.6. The van der Waals surface area contributed by atoms with Crippen LogP contribution in [0, 0.1) is 0 Å². The monoisotopic (exact) mass is 254 g/mol. The van der Waals surface area contributed by atoms with Crippen LogP contribution in [0.5, 0.6) is 0 Å². The molecule has 0 aliphatic carbocycles. The number of para-hydroxylation sites is 1. The Kier molecular flexibility index (Phi) is 2.83. The van der Waals surface area contributed by atoms with E-state index in [0.717, 1.165) is 22.0 Å². The predicted molar refractivity (Wildman–Crippen MR) is 74.0 cm³/mol. The SMILES string of the molecule is CCOC(=O)c1cc(-c2c[nH]c3ccccc23)c[nH]1. The summed E-state index contributed by atoms with van der Waals surface area (Å²) < 4.78 is 4.97. The molecule has 2 N–H and O–H groups in total. The zero-order chi connectivity index (χ0) is 13.2. The quantitative estimate of drug-likeness (QED) is 0.704. The molecule has 0 aliphatic heterocycles. The lowest BCUT2D eigenvalue weighted by atomic mass is 10.1. The first-order chi connectivity index (χ1) is 9.29. The van der Waals surface area contributed by atoms with Crippen molar-refractivity contribution in [1.82, 2.24) is 9.97 Å². The summed E-state index contributed by atoms with van der Waals surface area (Å²) in [5, 5.41) is 1.14. The summed E-state index contributed by atoms with van der Waals surface area (Å²) in [4.78, 5) is 17.8. The molecule has 0 fully saturated rings. The summed E-state index contributed by atoms with van der Waals surface area (Å²) in [7, 11) is 0. The summed E-state index contributed by atoms with van der Waals surface area (Å²) in [6.07, 6.45) is 3.77. The summed E-state index contributed by atoms with van der Waals surface area (Å²) in [6, 6.07) is 9.88. The molecule has 2 aromatic heterocycles. The van der Waals surface area contributed by atoms with Crippen LogP contribution in [0.25, 0.3) is 22.0 Å². The van der Waals surface area contributed by atoms with E-state index in [4.69, 9.17) is 4.74 Å². The summed E-state index contributed by atoms with van der Waals surface area (Å²) in [5.41, 5.74) is 3.60. The van der Waals surface area contributed by atoms with Crippen molar-refractivity contribution in [3.8, 4) is 11.1 Å². The molecule has 1 aromatic carbocycles. The lowest BCUT2D eigenvalue weighted by molar-refractivity contribution is 0.0520. The van der Waals surface area contributed by atoms with E-state index in [1.165, 1.54) is 0 Å². The summed E-state index contributed by atoms with van der Waals surface area (Å²) in [5.74, 6) is -0.325. The number of carbonyl (C=O) groups is 1. The van der Waals surface area contributed by atoms with Crippen LogP contribution in [-0.4, -0.2) is 22.5 Å². The Bertz CT molecular complexity index is 724. The maximum Gasteiger partial charge on any atom is 0.354 e. The van der Waals surface area contributed by atoms with Gasteiger partial charge in [-0.05, 0) is 19.1 Å². The van der Waals surface area contributed by atoms with Gasteiger partial charge in [-0.25, -0.2) is 4.79 Å². The normalized spacial score (nSPS) is 10.8. The fourth-order valence-electron chi connectivity index (χ4n) is 2.19. The molecule has 0 saturated heterocycles. The van der Waals surface area contributed by atoms with Crippen LogP contribution in [0.2, 0.25) is 0 Å². The molecule has 0 aliphatic rings. The number of hydrogen-bond acceptors (Lipinski definition) is 2. The molecular weight excluding hydrogens is 240 g/mol. The minimum Gasteiger partial charge on any atom is -0.461 e. The second-order valence-electron chi connectivity index (χ2n) is 4.27. The van der Waals surface area contributed by atoms with Crippen molar-refractivity contribution in [3.05, 3.63) is 48.4 Å². The van der Waals surface area contributed by atoms with Gasteiger partial charge >= 0.3 is 5.97 Å². The van der Waals surface area contributed by atoms with E-state index in [2.05, 4.69) is 16.0 Å². The molecule has 19 heavy (non-hydrogen) atoms. The van der Waals surface area contributed by atoms with E-state index < -0.39 is 0 Å². The van der Waals surface area contributed by atoms with Gasteiger partial charge in [-0.15, -0.1) is 0 Å². The summed E-state index contributed by atoms with van der Waals surface area (Å²) in [6.45, 7) is 2.17. The Morgan fingerprint density at radius 3 is 2.89 bits per heavy atom. The van der Waals surface area contributed by atoms with Crippen molar-refractivity contribution in [2.45, 2.75) is 6.92 Å². The first-order valence-electron chi connectivity index (χ1n) is 6.21. The number of aromatic amines is 2. The number of H-pyrrole nitrogens is 2. The van der Waals surface area contributed by atoms with Crippen LogP contribution in [-0.2, 0) is 4.74 Å². The largest absolute Gasteiger partial charge is 0.461 e. The number of esters is 1. The minimum atomic E-state index is -0.325. The average Bonchev–Trinajstić information content (AvgIpc) is 3.05. The molecule has 0 bridgehead atoms. The molecule has 0 atom stereocenters. The molecule has 0 amide bonds. The Morgan fingerprint density at radius 2 is 2.05 bits per heavy atom. The van der Waals surface area contributed by atoms with Crippen LogP contribution in [0.15, 0.2) is 42.7 Å². The van der Waals surface area contributed by atoms with Gasteiger partial charge in [0.1, 0.15) is 5.69 Å². The van der Waals surface area contributed by atoms with Crippen molar-refractivity contribution in [2.75, 3.05) is 6.61 Å². The number of ether oxygens (including phenoxy) is 1. The van der Waals surface area contributed by atoms with Gasteiger partial charge in [0.2, 0.25) is 0 Å². The zero-order valence-corrected chi connectivity index (χ0v) is 10.6. The van der Waals surface area contributed by atoms with Gasteiger partial charge in [0.25, 0.3) is 0 Å². The number of aromatic nitrogens is 2. The van der Waals surface area contributed by atoms with Gasteiger partial charge in [0.05, 0.1) is 6.61 Å². The molecule has 0 saturated carbocycles. The molecule has 4 nitrogen and oxygen atoms in total. The molecule has 96 valence electrons. The first kappa shape index (κ1) is 11.6. The number of fused-ring (bicyclic) bond motifs is 1. The molecule has 0 unspecified atom stereocenters. The molecule has 3 rings (SSSR count). The maximum atomic E-state index is 11.6. The van der Waals surface area contributed by atoms with E-state index in [1.807, 2.05) is 36.7 Å². The van der Waals surface area contributed by atoms with Crippen LogP contribution in [0.4, 0.5) is 0 Å². The van der Waals surface area contributed by atoms with Gasteiger partial charge in [-0.2, -0.15) is 0 Å². The van der Waals surface area contributed by atoms with Gasteiger partial charge in [-0.1, -0.05) is 18.2 Å². The molecular formula is C15H14N2O2. The topological polar surface area (TPSA) is 57.9 Å². The second-order valence-corrected chi connectivity index (χ2v) is 4.27. The van der Waals surface area contributed by atoms with E-state index in [-0.39, 0.29) is 5.97 Å². The number of hydrogen-bond donors (Lipinski definition) is 2. The van der Waals surface area contributed by atoms with Gasteiger partial charge in [0.15, 0.2) is 0 Å². The summed E-state index contributed by atoms with van der Waals surface area (Å²) >= 11 is 0. The van der Waals surface area contributed by atoms with Crippen LogP contribution in [0.1, 0.15) is 17.4 Å². The Labute approximate surface area is 110 Å². The van der Waals surface area contributed by atoms with E-state index >= 15 is 0 Å². The van der Waals surface area contributed by atoms with Gasteiger partial charge in [0, 0.05) is 34.4 Å². The highest BCUT2D eigenvalue weighted by atomic mass is 16.5. The number of rotatable bonds is 3. The van der Waals surface area contributed by atoms with Gasteiger partial charge < -0.3 is 14.7 Å². The Balaban J connectivity index is 2.01. The first-order valence-corrected chi connectivity index (χ1v) is 6.21. The Hall–Kier alpha value is -2.49. The van der Waals surface area contributed by atoms with Crippen molar-refractivity contribution >= 4 is 16.9 Å². The fourth-order valence-corrected chi connectivity index (χ4v) is 2.19. The van der Waals surface area contributed by atoms with Crippen molar-refractivity contribution < 1.29 is 9.53 Å². The van der Waals surface area contributed by atoms with Crippen LogP contribution in [0.3, 0.4) is 0 Å². The predicted octanol–water partition coefficient (Wildman–Crippen LogP) is 3.34. The standard InChI is InChI=1S/C15H14N2O2/c1-2-19-15(18)14-7-10(8-16-14)12-9-17-13-6-4-3-5-11(12)13/h3-9,16-17H,2H2,1H3. The molecule has 4 heteroatoms. The lowest BCUT2D eigenvalue weighted by Gasteiger charge is -1.97. The minimum absolute atomic E-state index is 0.325. The molecule has 2 heterocycles. The smallest absolute Gasteiger partial charge is 0.354 e. The van der Waals surface area contributed by atoms with E-state index in [1.54, 1.807) is 6.92 Å². The Morgan fingerprint density at radius 1 is 1.21 bits per heavy atom. The third-order valence-electron chi connectivity index (χ3n) is 3.08. The van der Waals surface area contributed by atoms with Crippen LogP contribution >= 0.6 is 0 Å². The van der Waals surface area contributed by atoms with Crippen LogP contribution < -0.4 is 0 Å². The van der Waals surface area contributed by atoms with Crippen molar-refractivity contribution in [2.24, 2.45) is 0 Å². The number of benzene rings is 1. The lowest BCUT2D eigenvalue weighted by Crippen LogP contribution is -2.04. The van der Waals surface area contributed by atoms with Crippen molar-refractivity contribution in [1.29, 1.82) is 0 Å². The zero-order valence-electron chi connectivity index (χ0n) is 10.6. The molecule has 0 spiro atoms. The fraction of sp³-hybridized carbons (Fsp3) is 0.133. The highest BCUT2D eigenvalue weighted by Gasteiger charge is 2.12. The van der Waals surface area contributed by atoms with Crippen molar-refractivity contribution in [3.63, 3.8) is 0 Å². The van der Waals surface area contributed by atoms with E-state index in [0.29, 0.717) is 12.3 Å². The third kappa shape index (κ3) is 2.01.